The minimum absolute atomic E-state index is 0.0310. The molecule has 0 saturated heterocycles. The molecule has 0 rings (SSSR count). The van der Waals surface area contributed by atoms with E-state index in [9.17, 15) is 0 Å². The third kappa shape index (κ3) is 36.1. The van der Waals surface area contributed by atoms with Crippen LogP contribution in [0.5, 0.6) is 0 Å². The summed E-state index contributed by atoms with van der Waals surface area (Å²) >= 11 is 0. The molecule has 0 aromatic heterocycles. The van der Waals surface area contributed by atoms with E-state index in [1.165, 1.54) is 0 Å². The molecule has 0 amide bonds. The Balaban J connectivity index is 0. The van der Waals surface area contributed by atoms with Gasteiger partial charge in [0, 0.05) is 68.7 Å². The highest BCUT2D eigenvalue weighted by molar-refractivity contribution is 4.76. The summed E-state index contributed by atoms with van der Waals surface area (Å²) in [5.41, 5.74) is 0.0338. The van der Waals surface area contributed by atoms with Crippen molar-refractivity contribution in [3.63, 3.8) is 0 Å². The summed E-state index contributed by atoms with van der Waals surface area (Å²) in [7, 11) is 13.3. The van der Waals surface area contributed by atoms with Crippen molar-refractivity contribution >= 4 is 0 Å². The maximum absolute atomic E-state index is 6.24. The molecule has 0 aromatic rings. The number of methoxy groups -OCH3 is 8. The smallest absolute Gasteiger partial charge is 0.104 e. The third-order valence-electron chi connectivity index (χ3n) is 8.93. The number of rotatable bonds is 40. The van der Waals surface area contributed by atoms with Gasteiger partial charge in [0.25, 0.3) is 0 Å². The molecule has 58 heavy (non-hydrogen) atoms. The topological polar surface area (TPSA) is 148 Å². The summed E-state index contributed by atoms with van der Waals surface area (Å²) in [6.07, 6.45) is -0.523. The van der Waals surface area contributed by atoms with Gasteiger partial charge >= 0.3 is 0 Å². The van der Waals surface area contributed by atoms with Crippen LogP contribution in [-0.2, 0) is 75.8 Å². The first-order chi connectivity index (χ1) is 27.8. The molecule has 0 aliphatic carbocycles. The quantitative estimate of drug-likeness (QED) is 0.0816. The van der Waals surface area contributed by atoms with E-state index >= 15 is 0 Å². The van der Waals surface area contributed by atoms with Crippen LogP contribution < -0.4 is 0 Å². The lowest BCUT2D eigenvalue weighted by molar-refractivity contribution is -0.115. The van der Waals surface area contributed by atoms with E-state index in [1.807, 2.05) is 0 Å². The predicted molar refractivity (Wildman–Crippen MR) is 223 cm³/mol. The average molecular weight is 849 g/mol. The molecule has 0 unspecified atom stereocenters. The first kappa shape index (κ1) is 59.5. The molecule has 0 fully saturated rings. The lowest BCUT2D eigenvalue weighted by atomic mass is 9.82. The second kappa shape index (κ2) is 40.4. The van der Waals surface area contributed by atoms with E-state index in [0.717, 1.165) is 0 Å². The van der Waals surface area contributed by atoms with Gasteiger partial charge in [0.05, 0.1) is 132 Å². The Bertz CT molecular complexity index is 740. The van der Waals surface area contributed by atoms with Crippen molar-refractivity contribution < 1.29 is 75.8 Å². The summed E-state index contributed by atoms with van der Waals surface area (Å²) in [5.74, 6) is 0.387. The van der Waals surface area contributed by atoms with Gasteiger partial charge in [-0.1, -0.05) is 41.5 Å². The molecule has 0 N–H and O–H groups in total. The van der Waals surface area contributed by atoms with E-state index in [4.69, 9.17) is 75.8 Å². The zero-order chi connectivity index (χ0) is 43.9. The highest BCUT2D eigenvalue weighted by atomic mass is 16.6. The fraction of sp³-hybridized carbons (Fsp3) is 1.00. The zero-order valence-electron chi connectivity index (χ0n) is 39.1. The molecule has 0 atom stereocenters. The van der Waals surface area contributed by atoms with Gasteiger partial charge in [0.15, 0.2) is 0 Å². The SMILES string of the molecule is COCC(COC)OCC(COC(COC)COC)C(C)(C)C.COCCOCC(COCCOC)OCC(COC(COCCOC)COCCOC)C(C)(C)C. The summed E-state index contributed by atoms with van der Waals surface area (Å²) in [6, 6.07) is 0. The molecule has 16 heteroatoms. The van der Waals surface area contributed by atoms with Gasteiger partial charge in [-0.2, -0.15) is 0 Å². The molecule has 0 aliphatic rings. The Morgan fingerprint density at radius 1 is 0.259 bits per heavy atom. The molecule has 0 saturated carbocycles. The summed E-state index contributed by atoms with van der Waals surface area (Å²) < 4.78 is 88.1. The molecule has 0 spiro atoms. The fourth-order valence-electron chi connectivity index (χ4n) is 4.85. The summed E-state index contributed by atoms with van der Waals surface area (Å²) in [4.78, 5) is 0. The number of hydrogen-bond acceptors (Lipinski definition) is 16. The monoisotopic (exact) mass is 849 g/mol. The maximum atomic E-state index is 6.24. The lowest BCUT2D eigenvalue weighted by Gasteiger charge is -2.33. The third-order valence-corrected chi connectivity index (χ3v) is 8.93. The average Bonchev–Trinajstić information content (AvgIpc) is 3.17. The van der Waals surface area contributed by atoms with Crippen molar-refractivity contribution in [3.05, 3.63) is 0 Å². The molecule has 0 aromatic carbocycles. The molecule has 0 bridgehead atoms. The Hall–Kier alpha value is -0.640. The zero-order valence-corrected chi connectivity index (χ0v) is 39.1. The molecular formula is C42H88O16. The fourth-order valence-corrected chi connectivity index (χ4v) is 4.85. The van der Waals surface area contributed by atoms with Crippen molar-refractivity contribution in [2.45, 2.75) is 66.0 Å². The van der Waals surface area contributed by atoms with Crippen LogP contribution in [0.1, 0.15) is 41.5 Å². The second-order valence-corrected chi connectivity index (χ2v) is 16.0. The van der Waals surface area contributed by atoms with Crippen molar-refractivity contribution in [1.82, 2.24) is 0 Å². The van der Waals surface area contributed by atoms with E-state index in [1.54, 1.807) is 56.9 Å². The van der Waals surface area contributed by atoms with Crippen LogP contribution in [0.2, 0.25) is 0 Å². The van der Waals surface area contributed by atoms with Crippen LogP contribution in [0, 0.1) is 22.7 Å². The highest BCUT2D eigenvalue weighted by Gasteiger charge is 2.29. The van der Waals surface area contributed by atoms with Gasteiger partial charge < -0.3 is 75.8 Å². The Labute approximate surface area is 353 Å². The summed E-state index contributed by atoms with van der Waals surface area (Å²) in [6.45, 7) is 23.3. The van der Waals surface area contributed by atoms with Gasteiger partial charge in [-0.25, -0.2) is 0 Å². The van der Waals surface area contributed by atoms with Gasteiger partial charge in [0.2, 0.25) is 0 Å². The van der Waals surface area contributed by atoms with E-state index in [2.05, 4.69) is 41.5 Å². The number of hydrogen-bond donors (Lipinski definition) is 0. The molecule has 0 aliphatic heterocycles. The normalized spacial score (nSPS) is 12.6. The standard InChI is InChI=1S/C25H52O10.C17H36O6/c1-25(2,3)22(16-34-23(18-30-12-8-26-4)19-31-13-9-27-5)17-35-24(20-32-14-10-28-6)21-33-15-11-29-7;1-17(2,3)14(8-22-15(10-18-4)11-19-5)9-23-16(12-20-6)13-21-7/h22-24H,8-21H2,1-7H3;14-16H,8-13H2,1-7H3. The van der Waals surface area contributed by atoms with Gasteiger partial charge in [0.1, 0.15) is 24.4 Å². The van der Waals surface area contributed by atoms with Gasteiger partial charge in [-0.05, 0) is 10.8 Å². The molecular weight excluding hydrogens is 760 g/mol. The van der Waals surface area contributed by atoms with Crippen LogP contribution in [0.4, 0.5) is 0 Å². The van der Waals surface area contributed by atoms with Crippen molar-refractivity contribution in [2.75, 3.05) is 189 Å². The van der Waals surface area contributed by atoms with Crippen molar-refractivity contribution in [2.24, 2.45) is 22.7 Å². The van der Waals surface area contributed by atoms with E-state index < -0.39 is 0 Å². The minimum Gasteiger partial charge on any atom is -0.382 e. The lowest BCUT2D eigenvalue weighted by Crippen LogP contribution is -2.37. The van der Waals surface area contributed by atoms with Crippen LogP contribution in [0.3, 0.4) is 0 Å². The van der Waals surface area contributed by atoms with Gasteiger partial charge in [-0.3, -0.25) is 0 Å². The highest BCUT2D eigenvalue weighted by Crippen LogP contribution is 2.28. The molecule has 16 nitrogen and oxygen atoms in total. The number of ether oxygens (including phenoxy) is 16. The predicted octanol–water partition coefficient (Wildman–Crippen LogP) is 4.08. The van der Waals surface area contributed by atoms with Gasteiger partial charge in [-0.15, -0.1) is 0 Å². The summed E-state index contributed by atoms with van der Waals surface area (Å²) in [5, 5.41) is 0. The molecule has 352 valence electrons. The first-order valence-electron chi connectivity index (χ1n) is 20.5. The maximum Gasteiger partial charge on any atom is 0.104 e. The molecule has 0 radical (unpaired) electrons. The largest absolute Gasteiger partial charge is 0.382 e. The van der Waals surface area contributed by atoms with Crippen LogP contribution in [-0.4, -0.2) is 213 Å². The van der Waals surface area contributed by atoms with Crippen LogP contribution >= 0.6 is 0 Å². The Kier molecular flexibility index (Phi) is 41.4. The van der Waals surface area contributed by atoms with E-state index in [0.29, 0.717) is 132 Å². The second-order valence-electron chi connectivity index (χ2n) is 16.0. The molecule has 0 heterocycles. The Morgan fingerprint density at radius 2 is 0.466 bits per heavy atom. The van der Waals surface area contributed by atoms with E-state index in [-0.39, 0.29) is 47.1 Å². The van der Waals surface area contributed by atoms with Crippen molar-refractivity contribution in [3.8, 4) is 0 Å². The Morgan fingerprint density at radius 3 is 0.638 bits per heavy atom. The first-order valence-corrected chi connectivity index (χ1v) is 20.5. The van der Waals surface area contributed by atoms with Crippen LogP contribution in [0.25, 0.3) is 0 Å². The minimum atomic E-state index is -0.195. The van der Waals surface area contributed by atoms with Crippen LogP contribution in [0.15, 0.2) is 0 Å². The van der Waals surface area contributed by atoms with Crippen molar-refractivity contribution in [1.29, 1.82) is 0 Å².